The molecule has 7 heteroatoms. The summed E-state index contributed by atoms with van der Waals surface area (Å²) in [4.78, 5) is 0.0610. The maximum absolute atomic E-state index is 11.3. The highest BCUT2D eigenvalue weighted by molar-refractivity contribution is 7.85. The topological polar surface area (TPSA) is 127 Å². The number of hydrogen-bond donors (Lipinski definition) is 4. The quantitative estimate of drug-likeness (QED) is 0.197. The lowest BCUT2D eigenvalue weighted by Gasteiger charge is -2.17. The zero-order valence-electron chi connectivity index (χ0n) is 18.3. The molecule has 0 amide bonds. The minimum absolute atomic E-state index is 0.0610. The van der Waals surface area contributed by atoms with Crippen molar-refractivity contribution in [2.75, 3.05) is 6.54 Å². The molecule has 6 N–H and O–H groups in total. The molecule has 0 aliphatic rings. The summed E-state index contributed by atoms with van der Waals surface area (Å²) >= 11 is 0. The van der Waals surface area contributed by atoms with Crippen LogP contribution in [0.3, 0.4) is 0 Å². The van der Waals surface area contributed by atoms with E-state index in [1.54, 1.807) is 19.1 Å². The molecule has 0 fully saturated rings. The van der Waals surface area contributed by atoms with Gasteiger partial charge in [-0.05, 0) is 30.9 Å². The molecule has 29 heavy (non-hydrogen) atoms. The molecule has 1 atom stereocenters. The number of hydrogen-bond acceptors (Lipinski definition) is 5. The summed E-state index contributed by atoms with van der Waals surface area (Å²) in [6, 6.07) is 6.73. The summed E-state index contributed by atoms with van der Waals surface area (Å²) in [6.07, 6.45) is 13.8. The summed E-state index contributed by atoms with van der Waals surface area (Å²) in [5.41, 5.74) is 9.78. The Balaban J connectivity index is 0.000000956. The van der Waals surface area contributed by atoms with Crippen LogP contribution in [-0.4, -0.2) is 30.3 Å². The highest BCUT2D eigenvalue weighted by atomic mass is 32.2. The molecule has 1 aromatic carbocycles. The minimum Gasteiger partial charge on any atom is -0.375 e. The summed E-state index contributed by atoms with van der Waals surface area (Å²) in [5, 5.41) is 8.78. The predicted molar refractivity (Wildman–Crippen MR) is 120 cm³/mol. The molecule has 170 valence electrons. The number of rotatable bonds is 14. The first-order chi connectivity index (χ1) is 13.7. The van der Waals surface area contributed by atoms with Gasteiger partial charge in [-0.1, -0.05) is 89.8 Å². The third-order valence-corrected chi connectivity index (χ3v) is 5.97. The molecule has 0 bridgehead atoms. The van der Waals surface area contributed by atoms with Crippen molar-refractivity contribution in [2.24, 2.45) is 11.5 Å². The fourth-order valence-corrected chi connectivity index (χ4v) is 3.66. The van der Waals surface area contributed by atoms with Crippen LogP contribution in [0.1, 0.15) is 90.0 Å². The maximum atomic E-state index is 11.3. The SMILES string of the molecule is CCC(N)(O)CN.CCCCCCCCCCCCc1ccccc1S(=O)(=O)O. The van der Waals surface area contributed by atoms with Gasteiger partial charge in [0.05, 0.1) is 4.90 Å². The molecule has 0 aromatic heterocycles. The molecule has 0 aliphatic carbocycles. The lowest BCUT2D eigenvalue weighted by molar-refractivity contribution is 0.0522. The van der Waals surface area contributed by atoms with Crippen LogP contribution in [0.25, 0.3) is 0 Å². The van der Waals surface area contributed by atoms with Gasteiger partial charge in [-0.25, -0.2) is 0 Å². The van der Waals surface area contributed by atoms with Crippen molar-refractivity contribution in [3.8, 4) is 0 Å². The van der Waals surface area contributed by atoms with E-state index in [2.05, 4.69) is 6.92 Å². The molecule has 0 aliphatic heterocycles. The van der Waals surface area contributed by atoms with E-state index in [4.69, 9.17) is 16.6 Å². The van der Waals surface area contributed by atoms with E-state index in [0.717, 1.165) is 18.4 Å². The van der Waals surface area contributed by atoms with E-state index < -0.39 is 15.8 Å². The molecule has 6 nitrogen and oxygen atoms in total. The number of unbranched alkanes of at least 4 members (excludes halogenated alkanes) is 9. The normalized spacial score (nSPS) is 13.4. The Hall–Kier alpha value is -0.990. The number of aryl methyl sites for hydroxylation is 1. The fraction of sp³-hybridized carbons (Fsp3) is 0.727. The second-order valence-electron chi connectivity index (χ2n) is 7.68. The largest absolute Gasteiger partial charge is 0.375 e. The Morgan fingerprint density at radius 3 is 1.79 bits per heavy atom. The van der Waals surface area contributed by atoms with Crippen molar-refractivity contribution >= 4 is 10.1 Å². The van der Waals surface area contributed by atoms with Crippen molar-refractivity contribution in [1.29, 1.82) is 0 Å². The van der Waals surface area contributed by atoms with Gasteiger partial charge < -0.3 is 16.6 Å². The van der Waals surface area contributed by atoms with Gasteiger partial charge in [0.2, 0.25) is 0 Å². The van der Waals surface area contributed by atoms with E-state index in [0.29, 0.717) is 12.8 Å². The standard InChI is InChI=1S/C18H30O3S.C4H12N2O/c1-2-3-4-5-6-7-8-9-10-11-14-17-15-12-13-16-18(17)22(19,20)21;1-2-4(6,7)3-5/h12-13,15-16H,2-11,14H2,1H3,(H,19,20,21);7H,2-3,5-6H2,1H3. The minimum atomic E-state index is -4.10. The Bertz CT molecular complexity index is 627. The zero-order valence-corrected chi connectivity index (χ0v) is 19.1. The van der Waals surface area contributed by atoms with Crippen molar-refractivity contribution in [2.45, 2.75) is 102 Å². The van der Waals surface area contributed by atoms with Gasteiger partial charge in [0, 0.05) is 6.54 Å². The van der Waals surface area contributed by atoms with Gasteiger partial charge in [0.15, 0.2) is 0 Å². The first-order valence-electron chi connectivity index (χ1n) is 10.9. The number of benzene rings is 1. The zero-order chi connectivity index (χ0) is 22.2. The lowest BCUT2D eigenvalue weighted by atomic mass is 10.0. The molecular formula is C22H42N2O4S. The fourth-order valence-electron chi connectivity index (χ4n) is 2.91. The maximum Gasteiger partial charge on any atom is 0.294 e. The van der Waals surface area contributed by atoms with Crippen LogP contribution in [0.5, 0.6) is 0 Å². The van der Waals surface area contributed by atoms with Crippen LogP contribution in [0.4, 0.5) is 0 Å². The van der Waals surface area contributed by atoms with Gasteiger partial charge in [0.25, 0.3) is 10.1 Å². The van der Waals surface area contributed by atoms with Crippen molar-refractivity contribution in [1.82, 2.24) is 0 Å². The smallest absolute Gasteiger partial charge is 0.294 e. The van der Waals surface area contributed by atoms with Crippen LogP contribution in [-0.2, 0) is 16.5 Å². The highest BCUT2D eigenvalue weighted by Gasteiger charge is 2.14. The van der Waals surface area contributed by atoms with E-state index in [1.807, 2.05) is 6.07 Å². The van der Waals surface area contributed by atoms with Crippen LogP contribution in [0, 0.1) is 0 Å². The molecule has 0 saturated carbocycles. The molecule has 0 radical (unpaired) electrons. The summed E-state index contributed by atoms with van der Waals surface area (Å²) in [6.45, 7) is 4.15. The average Bonchev–Trinajstić information content (AvgIpc) is 2.69. The molecule has 0 heterocycles. The Kier molecular flexibility index (Phi) is 15.3. The molecule has 1 unspecified atom stereocenters. The second kappa shape index (κ2) is 15.8. The van der Waals surface area contributed by atoms with Gasteiger partial charge in [0.1, 0.15) is 5.72 Å². The van der Waals surface area contributed by atoms with Crippen molar-refractivity contribution in [3.63, 3.8) is 0 Å². The van der Waals surface area contributed by atoms with Crippen LogP contribution < -0.4 is 11.5 Å². The molecule has 0 saturated heterocycles. The van der Waals surface area contributed by atoms with Crippen molar-refractivity contribution in [3.05, 3.63) is 29.8 Å². The van der Waals surface area contributed by atoms with E-state index in [1.165, 1.54) is 57.4 Å². The first-order valence-corrected chi connectivity index (χ1v) is 12.4. The average molecular weight is 431 g/mol. The van der Waals surface area contributed by atoms with Crippen molar-refractivity contribution < 1.29 is 18.1 Å². The first kappa shape index (κ1) is 28.0. The second-order valence-corrected chi connectivity index (χ2v) is 9.07. The van der Waals surface area contributed by atoms with Gasteiger partial charge in [-0.3, -0.25) is 4.55 Å². The van der Waals surface area contributed by atoms with E-state index >= 15 is 0 Å². The predicted octanol–water partition coefficient (Wildman–Crippen LogP) is 4.40. The monoisotopic (exact) mass is 430 g/mol. The van der Waals surface area contributed by atoms with Gasteiger partial charge in [-0.2, -0.15) is 8.42 Å². The Morgan fingerprint density at radius 2 is 1.38 bits per heavy atom. The third kappa shape index (κ3) is 14.6. The molecule has 1 aromatic rings. The van der Waals surface area contributed by atoms with Gasteiger partial charge >= 0.3 is 0 Å². The van der Waals surface area contributed by atoms with Crippen LogP contribution in [0.15, 0.2) is 29.2 Å². The molecular weight excluding hydrogens is 388 g/mol. The Labute approximate surface area is 177 Å². The summed E-state index contributed by atoms with van der Waals surface area (Å²) in [5.74, 6) is 0. The molecule has 0 spiro atoms. The lowest BCUT2D eigenvalue weighted by Crippen LogP contribution is -2.45. The van der Waals surface area contributed by atoms with Crippen LogP contribution >= 0.6 is 0 Å². The van der Waals surface area contributed by atoms with Gasteiger partial charge in [-0.15, -0.1) is 0 Å². The Morgan fingerprint density at radius 1 is 0.897 bits per heavy atom. The highest BCUT2D eigenvalue weighted by Crippen LogP contribution is 2.18. The summed E-state index contributed by atoms with van der Waals surface area (Å²) in [7, 11) is -4.10. The molecule has 1 rings (SSSR count). The third-order valence-electron chi connectivity index (χ3n) is 5.02. The van der Waals surface area contributed by atoms with E-state index in [9.17, 15) is 13.0 Å². The van der Waals surface area contributed by atoms with E-state index in [-0.39, 0.29) is 11.4 Å². The van der Waals surface area contributed by atoms with Crippen LogP contribution in [0.2, 0.25) is 0 Å². The number of nitrogens with two attached hydrogens (primary N) is 2. The number of aliphatic hydroxyl groups is 1. The summed E-state index contributed by atoms with van der Waals surface area (Å²) < 4.78 is 31.8.